The molecule has 6 heterocycles. The second-order valence-electron chi connectivity index (χ2n) is 28.0. The van der Waals surface area contributed by atoms with Crippen LogP contribution in [0.15, 0.2) is 11.6 Å². The lowest BCUT2D eigenvalue weighted by Gasteiger charge is -2.63. The average Bonchev–Trinajstić information content (AvgIpc) is 1.55. The molecule has 9 fully saturated rings. The number of carbonyl (C=O) groups excluding carboxylic acids is 3. The molecule has 10 rings (SSSR count). The molecule has 27 heteroatoms. The first-order chi connectivity index (χ1) is 40.9. The van der Waals surface area contributed by atoms with Crippen molar-refractivity contribution in [2.24, 2.45) is 45.3 Å². The van der Waals surface area contributed by atoms with Gasteiger partial charge in [0.1, 0.15) is 115 Å². The van der Waals surface area contributed by atoms with Gasteiger partial charge in [0.05, 0.1) is 50.0 Å². The molecule has 0 unspecified atom stereocenters. The van der Waals surface area contributed by atoms with Gasteiger partial charge >= 0.3 is 11.9 Å². The average molecular weight is 1250 g/mol. The summed E-state index contributed by atoms with van der Waals surface area (Å²) in [6, 6.07) is 0. The minimum atomic E-state index is -1.90. The van der Waals surface area contributed by atoms with Crippen molar-refractivity contribution < 1.29 is 132 Å². The van der Waals surface area contributed by atoms with Crippen LogP contribution in [0.3, 0.4) is 0 Å². The van der Waals surface area contributed by atoms with Crippen LogP contribution in [0.25, 0.3) is 0 Å². The highest BCUT2D eigenvalue weighted by atomic mass is 16.8. The number of rotatable bonds is 17. The maximum Gasteiger partial charge on any atom is 0.314 e. The van der Waals surface area contributed by atoms with Gasteiger partial charge in [-0.1, -0.05) is 53.2 Å². The van der Waals surface area contributed by atoms with Crippen molar-refractivity contribution in [1.82, 2.24) is 0 Å². The molecule has 27 nitrogen and oxygen atoms in total. The Labute approximate surface area is 505 Å². The molecule has 11 N–H and O–H groups in total. The zero-order chi connectivity index (χ0) is 63.4. The number of ether oxygens (including phenoxy) is 13. The van der Waals surface area contributed by atoms with Crippen molar-refractivity contribution in [1.29, 1.82) is 0 Å². The number of aliphatic hydroxyl groups is 11. The van der Waals surface area contributed by atoms with Gasteiger partial charge in [0.15, 0.2) is 31.5 Å². The van der Waals surface area contributed by atoms with E-state index in [2.05, 4.69) is 33.8 Å². The second kappa shape index (κ2) is 25.4. The van der Waals surface area contributed by atoms with E-state index in [1.165, 1.54) is 21.0 Å². The van der Waals surface area contributed by atoms with E-state index < -0.39 is 201 Å². The summed E-state index contributed by atoms with van der Waals surface area (Å²) in [5, 5.41) is 121. The Bertz CT molecular complexity index is 2480. The van der Waals surface area contributed by atoms with E-state index in [0.29, 0.717) is 44.9 Å². The van der Waals surface area contributed by atoms with Gasteiger partial charge in [0.2, 0.25) is 0 Å². The van der Waals surface area contributed by atoms with Gasteiger partial charge in [-0.3, -0.25) is 14.4 Å². The minimum absolute atomic E-state index is 0.00252. The molecule has 4 aliphatic carbocycles. The lowest BCUT2D eigenvalue weighted by molar-refractivity contribution is -0.399. The molecular weight excluding hydrogens is 1150 g/mol. The Hall–Kier alpha value is -2.53. The Morgan fingerprint density at radius 2 is 1.26 bits per heavy atom. The summed E-state index contributed by atoms with van der Waals surface area (Å²) < 4.78 is 78.8. The summed E-state index contributed by atoms with van der Waals surface area (Å²) in [6.45, 7) is 15.1. The molecule has 0 radical (unpaired) electrons. The molecule has 87 heavy (non-hydrogen) atoms. The summed E-state index contributed by atoms with van der Waals surface area (Å²) in [5.74, 6) is -1.30. The zero-order valence-corrected chi connectivity index (χ0v) is 51.2. The van der Waals surface area contributed by atoms with Crippen molar-refractivity contribution in [3.63, 3.8) is 0 Å². The van der Waals surface area contributed by atoms with E-state index in [9.17, 15) is 70.6 Å². The highest BCUT2D eigenvalue weighted by molar-refractivity contribution is 5.87. The molecule has 31 atom stereocenters. The molecule has 1 spiro atoms. The number of esters is 2. The van der Waals surface area contributed by atoms with Crippen molar-refractivity contribution in [2.45, 2.75) is 267 Å². The summed E-state index contributed by atoms with van der Waals surface area (Å²) in [6.07, 6.45) is -30.8. The van der Waals surface area contributed by atoms with E-state index >= 15 is 0 Å². The topological polar surface area (TPSA) is 394 Å². The quantitative estimate of drug-likeness (QED) is 0.0584. The number of Topliss-reactive ketones (excluding diaryl/α,β-unsaturated/α-hetero) is 1. The second-order valence-corrected chi connectivity index (χ2v) is 28.0. The van der Waals surface area contributed by atoms with Gasteiger partial charge < -0.3 is 118 Å². The molecule has 6 aliphatic heterocycles. The third kappa shape index (κ3) is 11.7. The molecule has 0 bridgehead atoms. The minimum Gasteiger partial charge on any atom is -0.462 e. The molecular formula is C60H94O27. The van der Waals surface area contributed by atoms with Crippen LogP contribution < -0.4 is 0 Å². The van der Waals surface area contributed by atoms with Crippen LogP contribution in [0.4, 0.5) is 0 Å². The fraction of sp³-hybridized carbons (Fsp3) is 0.917. The number of fused-ring (bicyclic) bond motifs is 4. The lowest BCUT2D eigenvalue weighted by atomic mass is 9.41. The van der Waals surface area contributed by atoms with Gasteiger partial charge in [-0.05, 0) is 81.0 Å². The van der Waals surface area contributed by atoms with E-state index in [-0.39, 0.29) is 47.9 Å². The van der Waals surface area contributed by atoms with Crippen LogP contribution in [0.1, 0.15) is 114 Å². The van der Waals surface area contributed by atoms with Gasteiger partial charge in [-0.15, -0.1) is 0 Å². The van der Waals surface area contributed by atoms with Crippen molar-refractivity contribution in [3.05, 3.63) is 11.6 Å². The third-order valence-corrected chi connectivity index (χ3v) is 21.6. The molecule has 10 aliphatic rings. The predicted molar refractivity (Wildman–Crippen MR) is 292 cm³/mol. The summed E-state index contributed by atoms with van der Waals surface area (Å²) in [5.41, 5.74) is -2.81. The Morgan fingerprint density at radius 3 is 1.92 bits per heavy atom. The predicted octanol–water partition coefficient (Wildman–Crippen LogP) is -1.48. The normalized spacial score (nSPS) is 51.4. The van der Waals surface area contributed by atoms with Gasteiger partial charge in [0.25, 0.3) is 0 Å². The van der Waals surface area contributed by atoms with Crippen LogP contribution >= 0.6 is 0 Å². The maximum absolute atomic E-state index is 14.7. The van der Waals surface area contributed by atoms with Crippen LogP contribution in [0.2, 0.25) is 0 Å². The lowest BCUT2D eigenvalue weighted by Crippen LogP contribution is -2.67. The number of aliphatic hydroxyl groups excluding tert-OH is 11. The summed E-state index contributed by atoms with van der Waals surface area (Å²) in [4.78, 5) is 41.1. The van der Waals surface area contributed by atoms with Gasteiger partial charge in [-0.2, -0.15) is 0 Å². The molecule has 0 aromatic carbocycles. The third-order valence-electron chi connectivity index (χ3n) is 21.6. The van der Waals surface area contributed by atoms with Crippen molar-refractivity contribution in [2.75, 3.05) is 33.5 Å². The molecule has 6 saturated heterocycles. The zero-order valence-electron chi connectivity index (χ0n) is 51.2. The SMILES string of the molecule is CO[C@@H]1[C@@H](O)[C@H](O[C@@H]2[C@@H](O)[C@H](O[C@H]3[C@H](O)[C@@H](O[C@@H]4OC[C@@H](O)[C@H](O)[C@H]4O)[C@H](O[C@H]4[C@H](O[C@H]5CC[C@]6(C)[C@@H]7CC[C@]89C(=O)O[C@@](C)(CC(=O)CC(C)C)[C@H]8[C@@H](OC(C)=O)C[C@@]9(C)C7=CC[C@H]6C5(C)C)OC[C@@H](O)[C@@H]4O)O[C@@H]3C)OC[C@H]2O)O[C@H](CO)[C@H]1O. The molecule has 0 amide bonds. The number of cyclic esters (lactones) is 1. The van der Waals surface area contributed by atoms with Crippen molar-refractivity contribution >= 4 is 17.7 Å². The first-order valence-electron chi connectivity index (χ1n) is 30.9. The number of hydrogen-bond donors (Lipinski definition) is 11. The maximum atomic E-state index is 14.7. The van der Waals surface area contributed by atoms with E-state index in [1.54, 1.807) is 0 Å². The molecule has 3 saturated carbocycles. The van der Waals surface area contributed by atoms with E-state index in [0.717, 1.165) is 5.57 Å². The fourth-order valence-corrected chi connectivity index (χ4v) is 17.4. The Balaban J connectivity index is 0.877. The van der Waals surface area contributed by atoms with Crippen LogP contribution in [-0.4, -0.2) is 260 Å². The smallest absolute Gasteiger partial charge is 0.314 e. The van der Waals surface area contributed by atoms with Gasteiger partial charge in [-0.25, -0.2) is 0 Å². The number of ketones is 1. The number of methoxy groups -OCH3 is 1. The highest BCUT2D eigenvalue weighted by Crippen LogP contribution is 2.77. The van der Waals surface area contributed by atoms with Crippen molar-refractivity contribution in [3.8, 4) is 0 Å². The summed E-state index contributed by atoms with van der Waals surface area (Å²) >= 11 is 0. The van der Waals surface area contributed by atoms with Crippen LogP contribution in [0, 0.1) is 45.3 Å². The molecule has 496 valence electrons. The first kappa shape index (κ1) is 67.4. The largest absolute Gasteiger partial charge is 0.462 e. The first-order valence-corrected chi connectivity index (χ1v) is 30.9. The van der Waals surface area contributed by atoms with E-state index in [1.807, 2.05) is 20.8 Å². The number of carbonyl (C=O) groups is 3. The van der Waals surface area contributed by atoms with Crippen LogP contribution in [-0.2, 0) is 76.0 Å². The van der Waals surface area contributed by atoms with Crippen LogP contribution in [0.5, 0.6) is 0 Å². The van der Waals surface area contributed by atoms with E-state index in [4.69, 9.17) is 61.6 Å². The fourth-order valence-electron chi connectivity index (χ4n) is 17.4. The number of hydrogen-bond acceptors (Lipinski definition) is 27. The molecule has 0 aromatic heterocycles. The Kier molecular flexibility index (Phi) is 19.7. The Morgan fingerprint density at radius 1 is 0.667 bits per heavy atom. The monoisotopic (exact) mass is 1250 g/mol. The van der Waals surface area contributed by atoms with Gasteiger partial charge in [0, 0.05) is 32.3 Å². The highest BCUT2D eigenvalue weighted by Gasteiger charge is 2.80. The molecule has 0 aromatic rings. The summed E-state index contributed by atoms with van der Waals surface area (Å²) in [7, 11) is 1.21. The standard InChI is InChI=1S/C60H94O27/c1-24(2)17-27(63)18-59(9)49-33(80-26(4)62)19-58(8)29-11-12-35-56(5,6)36(14-15-57(35,7)28(29)13-16-60(49,58)55(74)87-59)82-53-47(38(68)31(65)22-78-53)86-54-48(85-50-40(70)37(67)30(64)21-76-50)41(71)44(25(3)79-54)83-51-42(72)45(32(66)23-77-51)84-52-43(73)46(75-10)39(69)34(20-61)81-52/h11,24-25,28,30-54,61,64-73H,12-23H2,1-10H3/t25-,28-,30-,31-,32-,33+,34-,35+,36+,37+,38+,39-,40-,41+,42-,43-,44-,45+,46+,47-,48-,49-,50+,51+,52+,53+,54+,57-,58+,59+,60-/m1/s1. The number of allylic oxidation sites excluding steroid dienone is 2.